The molecule has 122 valence electrons. The Morgan fingerprint density at radius 2 is 1.95 bits per heavy atom. The van der Waals surface area contributed by atoms with Crippen molar-refractivity contribution in [2.75, 3.05) is 52.7 Å². The number of likely N-dealkylation sites (tertiary alicyclic amines) is 1. The minimum Gasteiger partial charge on any atom is -0.381 e. The summed E-state index contributed by atoms with van der Waals surface area (Å²) in [7, 11) is 0. The normalized spacial score (nSPS) is 31.0. The summed E-state index contributed by atoms with van der Waals surface area (Å²) in [4.78, 5) is 2.68. The highest BCUT2D eigenvalue weighted by Gasteiger charge is 2.42. The van der Waals surface area contributed by atoms with Crippen LogP contribution < -0.4 is 0 Å². The van der Waals surface area contributed by atoms with Crippen LogP contribution in [0.4, 0.5) is 0 Å². The highest BCUT2D eigenvalue weighted by atomic mass is 16.5. The molecule has 1 atom stereocenters. The fraction of sp³-hybridized carbons (Fsp3) is 1.00. The van der Waals surface area contributed by atoms with E-state index in [4.69, 9.17) is 14.2 Å². The van der Waals surface area contributed by atoms with Crippen LogP contribution in [0.2, 0.25) is 0 Å². The first-order valence-electron chi connectivity index (χ1n) is 8.79. The molecule has 3 saturated heterocycles. The molecule has 0 saturated carbocycles. The van der Waals surface area contributed by atoms with Crippen molar-refractivity contribution in [1.82, 2.24) is 4.90 Å². The van der Waals surface area contributed by atoms with Gasteiger partial charge in [-0.2, -0.15) is 0 Å². The molecule has 0 aromatic rings. The zero-order valence-corrected chi connectivity index (χ0v) is 13.5. The second kappa shape index (κ2) is 7.40. The number of hydrogen-bond acceptors (Lipinski definition) is 4. The summed E-state index contributed by atoms with van der Waals surface area (Å²) in [6.07, 6.45) is 6.66. The van der Waals surface area contributed by atoms with Gasteiger partial charge in [0.05, 0.1) is 19.3 Å². The van der Waals surface area contributed by atoms with Gasteiger partial charge in [0.1, 0.15) is 0 Å². The lowest BCUT2D eigenvalue weighted by Crippen LogP contribution is -2.43. The van der Waals surface area contributed by atoms with Gasteiger partial charge in [0, 0.05) is 26.4 Å². The molecule has 3 aliphatic heterocycles. The van der Waals surface area contributed by atoms with Crippen LogP contribution in [0.25, 0.3) is 0 Å². The first-order valence-corrected chi connectivity index (χ1v) is 8.79. The van der Waals surface area contributed by atoms with E-state index in [1.54, 1.807) is 0 Å². The smallest absolute Gasteiger partial charge is 0.0814 e. The van der Waals surface area contributed by atoms with Gasteiger partial charge in [-0.25, -0.2) is 0 Å². The maximum Gasteiger partial charge on any atom is 0.0814 e. The quantitative estimate of drug-likeness (QED) is 0.779. The van der Waals surface area contributed by atoms with E-state index in [-0.39, 0.29) is 0 Å². The molecule has 4 nitrogen and oxygen atoms in total. The molecule has 4 heteroatoms. The lowest BCUT2D eigenvalue weighted by molar-refractivity contribution is 0.0135. The van der Waals surface area contributed by atoms with E-state index in [1.165, 1.54) is 51.7 Å². The van der Waals surface area contributed by atoms with E-state index in [2.05, 4.69) is 11.8 Å². The van der Waals surface area contributed by atoms with Crippen LogP contribution in [0.3, 0.4) is 0 Å². The van der Waals surface area contributed by atoms with E-state index in [0.717, 1.165) is 39.0 Å². The first-order chi connectivity index (χ1) is 10.3. The number of ether oxygens (including phenoxy) is 3. The molecule has 1 unspecified atom stereocenters. The summed E-state index contributed by atoms with van der Waals surface area (Å²) in [6, 6.07) is 0. The zero-order valence-electron chi connectivity index (χ0n) is 13.5. The predicted molar refractivity (Wildman–Crippen MR) is 82.5 cm³/mol. The number of rotatable bonds is 5. The number of hydrogen-bond donors (Lipinski definition) is 0. The summed E-state index contributed by atoms with van der Waals surface area (Å²) in [6.45, 7) is 10.3. The molecule has 0 amide bonds. The molecule has 0 aromatic heterocycles. The van der Waals surface area contributed by atoms with E-state index in [0.29, 0.717) is 11.5 Å². The molecule has 0 radical (unpaired) electrons. The third-order valence-corrected chi connectivity index (χ3v) is 5.57. The summed E-state index contributed by atoms with van der Waals surface area (Å²) in [5.41, 5.74) is 0.452. The molecule has 0 aliphatic carbocycles. The summed E-state index contributed by atoms with van der Waals surface area (Å²) in [5, 5.41) is 0. The van der Waals surface area contributed by atoms with Gasteiger partial charge in [-0.15, -0.1) is 0 Å². The maximum absolute atomic E-state index is 5.97. The third kappa shape index (κ3) is 4.19. The Bertz CT molecular complexity index is 309. The number of piperidine rings is 1. The largest absolute Gasteiger partial charge is 0.381 e. The third-order valence-electron chi connectivity index (χ3n) is 5.57. The van der Waals surface area contributed by atoms with Crippen LogP contribution in [0.15, 0.2) is 0 Å². The molecule has 3 aliphatic rings. The van der Waals surface area contributed by atoms with Crippen LogP contribution in [-0.4, -0.2) is 63.7 Å². The van der Waals surface area contributed by atoms with Crippen molar-refractivity contribution >= 4 is 0 Å². The Morgan fingerprint density at radius 1 is 1.19 bits per heavy atom. The molecule has 3 fully saturated rings. The van der Waals surface area contributed by atoms with Gasteiger partial charge < -0.3 is 19.1 Å². The molecule has 3 heterocycles. The summed E-state index contributed by atoms with van der Waals surface area (Å²) < 4.78 is 17.0. The van der Waals surface area contributed by atoms with Crippen molar-refractivity contribution in [1.29, 1.82) is 0 Å². The lowest BCUT2D eigenvalue weighted by Gasteiger charge is -2.40. The first kappa shape index (κ1) is 15.7. The molecule has 21 heavy (non-hydrogen) atoms. The molecular weight excluding hydrogens is 266 g/mol. The topological polar surface area (TPSA) is 30.9 Å². The number of nitrogens with zero attached hydrogens (tertiary/aromatic N) is 1. The zero-order chi connectivity index (χ0) is 14.5. The Morgan fingerprint density at radius 3 is 2.67 bits per heavy atom. The van der Waals surface area contributed by atoms with Crippen LogP contribution in [-0.2, 0) is 14.2 Å². The fourth-order valence-corrected chi connectivity index (χ4v) is 4.10. The highest BCUT2D eigenvalue weighted by Crippen LogP contribution is 2.42. The standard InChI is InChI=1S/C17H31NO3/c1-2-19-13-16-11-17(14-21-16)5-7-18(8-6-17)12-15-3-9-20-10-4-15/h15-16H,2-14H2,1H3. The van der Waals surface area contributed by atoms with Crippen LogP contribution in [0, 0.1) is 11.3 Å². The van der Waals surface area contributed by atoms with Crippen molar-refractivity contribution in [3.05, 3.63) is 0 Å². The second-order valence-electron chi connectivity index (χ2n) is 7.15. The molecule has 1 spiro atoms. The van der Waals surface area contributed by atoms with E-state index in [9.17, 15) is 0 Å². The van der Waals surface area contributed by atoms with Crippen molar-refractivity contribution in [3.63, 3.8) is 0 Å². The highest BCUT2D eigenvalue weighted by molar-refractivity contribution is 4.92. The SMILES string of the molecule is CCOCC1CC2(CCN(CC3CCOCC3)CC2)CO1. The van der Waals surface area contributed by atoms with Crippen LogP contribution >= 0.6 is 0 Å². The monoisotopic (exact) mass is 297 g/mol. The van der Waals surface area contributed by atoms with Crippen molar-refractivity contribution < 1.29 is 14.2 Å². The van der Waals surface area contributed by atoms with Crippen LogP contribution in [0.5, 0.6) is 0 Å². The Balaban J connectivity index is 1.40. The minimum atomic E-state index is 0.340. The van der Waals surface area contributed by atoms with Gasteiger partial charge in [-0.3, -0.25) is 0 Å². The Labute approximate surface area is 129 Å². The molecule has 0 N–H and O–H groups in total. The molecule has 3 rings (SSSR count). The molecular formula is C17H31NO3. The minimum absolute atomic E-state index is 0.340. The van der Waals surface area contributed by atoms with Crippen molar-refractivity contribution in [2.45, 2.75) is 45.1 Å². The van der Waals surface area contributed by atoms with Crippen molar-refractivity contribution in [3.8, 4) is 0 Å². The fourth-order valence-electron chi connectivity index (χ4n) is 4.10. The van der Waals surface area contributed by atoms with E-state index < -0.39 is 0 Å². The maximum atomic E-state index is 5.97. The second-order valence-corrected chi connectivity index (χ2v) is 7.15. The Hall–Kier alpha value is -0.160. The van der Waals surface area contributed by atoms with Gasteiger partial charge in [0.25, 0.3) is 0 Å². The van der Waals surface area contributed by atoms with Gasteiger partial charge in [0.2, 0.25) is 0 Å². The van der Waals surface area contributed by atoms with E-state index in [1.807, 2.05) is 0 Å². The van der Waals surface area contributed by atoms with Gasteiger partial charge in [0.15, 0.2) is 0 Å². The lowest BCUT2D eigenvalue weighted by atomic mass is 9.76. The summed E-state index contributed by atoms with van der Waals surface area (Å²) >= 11 is 0. The predicted octanol–water partition coefficient (Wildman–Crippen LogP) is 2.32. The van der Waals surface area contributed by atoms with E-state index >= 15 is 0 Å². The van der Waals surface area contributed by atoms with Gasteiger partial charge >= 0.3 is 0 Å². The van der Waals surface area contributed by atoms with Gasteiger partial charge in [-0.05, 0) is 63.5 Å². The average Bonchev–Trinajstić information content (AvgIpc) is 2.92. The van der Waals surface area contributed by atoms with Crippen LogP contribution in [0.1, 0.15) is 39.0 Å². The molecule has 0 aromatic carbocycles. The molecule has 0 bridgehead atoms. The average molecular weight is 297 g/mol. The van der Waals surface area contributed by atoms with Crippen molar-refractivity contribution in [2.24, 2.45) is 11.3 Å². The van der Waals surface area contributed by atoms with Gasteiger partial charge in [-0.1, -0.05) is 0 Å². The summed E-state index contributed by atoms with van der Waals surface area (Å²) in [5.74, 6) is 0.860. The Kier molecular flexibility index (Phi) is 5.54.